The van der Waals surface area contributed by atoms with E-state index in [2.05, 4.69) is 0 Å². The number of aromatic hydroxyl groups is 2. The Bertz CT molecular complexity index is 997. The lowest BCUT2D eigenvalue weighted by Gasteiger charge is -2.27. The Hall–Kier alpha value is -3.69. The van der Waals surface area contributed by atoms with Gasteiger partial charge in [-0.25, -0.2) is 4.79 Å². The van der Waals surface area contributed by atoms with E-state index in [1.807, 2.05) is 0 Å². The van der Waals surface area contributed by atoms with Gasteiger partial charge < -0.3 is 24.8 Å². The summed E-state index contributed by atoms with van der Waals surface area (Å²) in [5.74, 6) is -1.61. The van der Waals surface area contributed by atoms with E-state index in [0.717, 1.165) is 12.1 Å². The maximum Gasteiger partial charge on any atom is 0.430 e. The molecule has 1 heterocycles. The van der Waals surface area contributed by atoms with E-state index >= 15 is 0 Å². The number of hydrogen-bond acceptors (Lipinski definition) is 6. The summed E-state index contributed by atoms with van der Waals surface area (Å²) in [6, 6.07) is 8.13. The first-order valence-electron chi connectivity index (χ1n) is 8.88. The van der Waals surface area contributed by atoms with Gasteiger partial charge in [0.2, 0.25) is 6.10 Å². The zero-order valence-corrected chi connectivity index (χ0v) is 16.4. The van der Waals surface area contributed by atoms with E-state index in [1.165, 1.54) is 24.3 Å². The fourth-order valence-electron chi connectivity index (χ4n) is 2.56. The summed E-state index contributed by atoms with van der Waals surface area (Å²) in [5.41, 5.74) is -0.394. The van der Waals surface area contributed by atoms with Crippen LogP contribution in [0.25, 0.3) is 6.08 Å². The van der Waals surface area contributed by atoms with Gasteiger partial charge in [0.05, 0.1) is 17.2 Å². The number of aliphatic carboxylic acids is 1. The number of ether oxygens (including phenoxy) is 2. The van der Waals surface area contributed by atoms with Crippen molar-refractivity contribution >= 4 is 18.3 Å². The fourth-order valence-corrected chi connectivity index (χ4v) is 2.56. The molecule has 0 aromatic heterocycles. The molecule has 0 bridgehead atoms. The molecule has 1 aliphatic heterocycles. The van der Waals surface area contributed by atoms with Gasteiger partial charge >= 0.3 is 12.1 Å². The molecule has 7 nitrogen and oxygen atoms in total. The van der Waals surface area contributed by atoms with Gasteiger partial charge in [0.1, 0.15) is 23.0 Å². The molecule has 3 rings (SSSR count). The molecule has 0 saturated heterocycles. The van der Waals surface area contributed by atoms with Crippen LogP contribution in [0.1, 0.15) is 29.8 Å². The van der Waals surface area contributed by atoms with Crippen molar-refractivity contribution in [3.63, 3.8) is 0 Å². The number of rotatable bonds is 4. The first kappa shape index (κ1) is 23.6. The lowest BCUT2D eigenvalue weighted by molar-refractivity contribution is -0.187. The maximum absolute atomic E-state index is 12.9. The van der Waals surface area contributed by atoms with Crippen molar-refractivity contribution in [1.82, 2.24) is 0 Å². The molecule has 1 aliphatic rings. The second kappa shape index (κ2) is 9.41. The van der Waals surface area contributed by atoms with Gasteiger partial charge in [0.25, 0.3) is 0 Å². The molecule has 10 heteroatoms. The number of halogens is 3. The van der Waals surface area contributed by atoms with Crippen LogP contribution in [0.3, 0.4) is 0 Å². The number of fused-ring (bicyclic) bond motifs is 1. The summed E-state index contributed by atoms with van der Waals surface area (Å²) in [7, 11) is 0. The van der Waals surface area contributed by atoms with Crippen LogP contribution in [-0.2, 0) is 4.79 Å². The highest BCUT2D eigenvalue weighted by molar-refractivity contribution is 5.95. The summed E-state index contributed by atoms with van der Waals surface area (Å²) in [6.45, 7) is 3.56. The molecular weight excluding hydrogens is 421 g/mol. The van der Waals surface area contributed by atoms with Gasteiger partial charge in [-0.15, -0.1) is 0 Å². The number of carbonyl (C=O) groups is 2. The van der Waals surface area contributed by atoms with Crippen LogP contribution >= 0.6 is 0 Å². The minimum Gasteiger partial charge on any atom is -0.508 e. The maximum atomic E-state index is 12.9. The molecule has 3 N–H and O–H groups in total. The zero-order chi connectivity index (χ0) is 23.3. The number of hydrogen-bond donors (Lipinski definition) is 3. The zero-order valence-electron chi connectivity index (χ0n) is 16.4. The summed E-state index contributed by atoms with van der Waals surface area (Å²) in [4.78, 5) is 21.1. The van der Waals surface area contributed by atoms with Crippen molar-refractivity contribution in [2.75, 3.05) is 0 Å². The average Bonchev–Trinajstić information content (AvgIpc) is 2.66. The molecule has 0 radical (unpaired) electrons. The summed E-state index contributed by atoms with van der Waals surface area (Å²) in [6.07, 6.45) is -5.95. The van der Waals surface area contributed by atoms with Crippen LogP contribution in [0.4, 0.5) is 13.2 Å². The highest BCUT2D eigenvalue weighted by atomic mass is 19.4. The van der Waals surface area contributed by atoms with Crippen LogP contribution in [0.2, 0.25) is 0 Å². The lowest BCUT2D eigenvalue weighted by Crippen LogP contribution is -2.40. The number of aldehydes is 1. The average molecular weight is 440 g/mol. The molecule has 166 valence electrons. The van der Waals surface area contributed by atoms with Crippen molar-refractivity contribution in [2.24, 2.45) is 0 Å². The van der Waals surface area contributed by atoms with Crippen molar-refractivity contribution in [3.05, 3.63) is 53.1 Å². The molecule has 2 aromatic rings. The summed E-state index contributed by atoms with van der Waals surface area (Å²) >= 11 is 0. The normalized spacial score (nSPS) is 15.0. The number of carboxylic acid groups (broad SMARTS) is 1. The van der Waals surface area contributed by atoms with Gasteiger partial charge in [-0.1, -0.05) is 0 Å². The number of phenols is 2. The molecule has 0 saturated carbocycles. The van der Waals surface area contributed by atoms with E-state index in [9.17, 15) is 22.8 Å². The van der Waals surface area contributed by atoms with Crippen LogP contribution in [-0.4, -0.2) is 46.0 Å². The Morgan fingerprint density at radius 1 is 1.16 bits per heavy atom. The molecule has 31 heavy (non-hydrogen) atoms. The van der Waals surface area contributed by atoms with Gasteiger partial charge in [-0.3, -0.25) is 4.79 Å². The Morgan fingerprint density at radius 3 is 2.35 bits per heavy atom. The molecule has 0 spiro atoms. The molecule has 0 fully saturated rings. The number of carbonyl (C=O) groups excluding carboxylic acids is 1. The van der Waals surface area contributed by atoms with E-state index in [-0.39, 0.29) is 34.5 Å². The predicted molar refractivity (Wildman–Crippen MR) is 103 cm³/mol. The van der Waals surface area contributed by atoms with Crippen LogP contribution in [0, 0.1) is 0 Å². The lowest BCUT2D eigenvalue weighted by atomic mass is 10.0. The van der Waals surface area contributed by atoms with Crippen LogP contribution in [0.5, 0.6) is 23.0 Å². The first-order chi connectivity index (χ1) is 14.4. The standard InChI is InChI=1S/C14H13F3O4.C7H6O3/c1-7(2)20-9-4-3-8-5-10(13(18)19)12(14(15,16)17)21-11(8)6-9;8-4-5-1-2-6(9)3-7(5)10/h3-7,12H,1-2H3,(H,18,19);1-4,9-10H. The van der Waals surface area contributed by atoms with Crippen molar-refractivity contribution in [3.8, 4) is 23.0 Å². The number of benzene rings is 2. The Kier molecular flexibility index (Phi) is 7.16. The molecule has 0 aliphatic carbocycles. The number of carboxylic acids is 1. The first-order valence-corrected chi connectivity index (χ1v) is 8.88. The predicted octanol–water partition coefficient (Wildman–Crippen LogP) is 4.18. The highest BCUT2D eigenvalue weighted by Gasteiger charge is 2.48. The van der Waals surface area contributed by atoms with Gasteiger partial charge in [0, 0.05) is 17.7 Å². The SMILES string of the molecule is CC(C)Oc1ccc2c(c1)OC(C(F)(F)F)C(C(=O)O)=C2.O=Cc1ccc(O)cc1O. The highest BCUT2D eigenvalue weighted by Crippen LogP contribution is 2.38. The molecule has 1 unspecified atom stereocenters. The third-order valence-corrected chi connectivity index (χ3v) is 3.88. The largest absolute Gasteiger partial charge is 0.508 e. The van der Waals surface area contributed by atoms with Crippen molar-refractivity contribution in [1.29, 1.82) is 0 Å². The fraction of sp³-hybridized carbons (Fsp3) is 0.238. The van der Waals surface area contributed by atoms with Crippen molar-refractivity contribution < 1.29 is 47.6 Å². The second-order valence-electron chi connectivity index (χ2n) is 6.67. The topological polar surface area (TPSA) is 113 Å². The van der Waals surface area contributed by atoms with Gasteiger partial charge in [-0.2, -0.15) is 13.2 Å². The Labute approximate surface area is 175 Å². The minimum atomic E-state index is -4.81. The quantitative estimate of drug-likeness (QED) is 0.612. The van der Waals surface area contributed by atoms with E-state index in [0.29, 0.717) is 12.0 Å². The van der Waals surface area contributed by atoms with Gasteiger partial charge in [-0.05, 0) is 44.2 Å². The number of phenolic OH excluding ortho intramolecular Hbond substituents is 2. The summed E-state index contributed by atoms with van der Waals surface area (Å²) < 4.78 is 48.9. The van der Waals surface area contributed by atoms with Crippen molar-refractivity contribution in [2.45, 2.75) is 32.2 Å². The third-order valence-electron chi connectivity index (χ3n) is 3.88. The van der Waals surface area contributed by atoms with Crippen LogP contribution < -0.4 is 9.47 Å². The smallest absolute Gasteiger partial charge is 0.430 e. The van der Waals surface area contributed by atoms with Gasteiger partial charge in [0.15, 0.2) is 6.29 Å². The second-order valence-corrected chi connectivity index (χ2v) is 6.67. The Balaban J connectivity index is 0.000000285. The molecule has 0 amide bonds. The van der Waals surface area contributed by atoms with E-state index < -0.39 is 23.8 Å². The number of alkyl halides is 3. The summed E-state index contributed by atoms with van der Waals surface area (Å²) in [5, 5.41) is 26.6. The Morgan fingerprint density at radius 2 is 1.84 bits per heavy atom. The molecular formula is C21H19F3O7. The third kappa shape index (κ3) is 6.14. The van der Waals surface area contributed by atoms with Crippen LogP contribution in [0.15, 0.2) is 42.0 Å². The monoisotopic (exact) mass is 440 g/mol. The molecule has 1 atom stereocenters. The van der Waals surface area contributed by atoms with E-state index in [1.54, 1.807) is 19.9 Å². The minimum absolute atomic E-state index is 0.0527. The molecule has 2 aromatic carbocycles. The van der Waals surface area contributed by atoms with E-state index in [4.69, 9.17) is 24.8 Å².